The van der Waals surface area contributed by atoms with Crippen LogP contribution in [-0.4, -0.2) is 27.5 Å². The third-order valence-corrected chi connectivity index (χ3v) is 3.98. The molecule has 122 valence electrons. The highest BCUT2D eigenvalue weighted by molar-refractivity contribution is 5.82. The van der Waals surface area contributed by atoms with E-state index in [9.17, 15) is 9.18 Å². The SMILES string of the molecule is CC(C)(C)C(=O)N1CCC[C@H]1c1nc(-c2ccc(F)cc2)no1. The first-order valence-corrected chi connectivity index (χ1v) is 7.77. The molecule has 23 heavy (non-hydrogen) atoms. The van der Waals surface area contributed by atoms with Crippen molar-refractivity contribution in [2.45, 2.75) is 39.7 Å². The van der Waals surface area contributed by atoms with Gasteiger partial charge in [-0.2, -0.15) is 4.98 Å². The van der Waals surface area contributed by atoms with Crippen molar-refractivity contribution in [2.24, 2.45) is 5.41 Å². The molecule has 1 aromatic heterocycles. The molecule has 1 aliphatic rings. The molecule has 1 aliphatic heterocycles. The van der Waals surface area contributed by atoms with Gasteiger partial charge < -0.3 is 9.42 Å². The van der Waals surface area contributed by atoms with Gasteiger partial charge in [-0.25, -0.2) is 4.39 Å². The number of amides is 1. The standard InChI is InChI=1S/C17H20FN3O2/c1-17(2,3)16(22)21-10-4-5-13(21)15-19-14(20-23-15)11-6-8-12(18)9-7-11/h6-9,13H,4-5,10H2,1-3H3/t13-/m0/s1. The number of nitrogens with zero attached hydrogens (tertiary/aromatic N) is 3. The minimum absolute atomic E-state index is 0.0848. The minimum Gasteiger partial charge on any atom is -0.337 e. The molecule has 3 rings (SSSR count). The predicted octanol–water partition coefficient (Wildman–Crippen LogP) is 3.59. The Kier molecular flexibility index (Phi) is 3.92. The van der Waals surface area contributed by atoms with Gasteiger partial charge in [0, 0.05) is 17.5 Å². The summed E-state index contributed by atoms with van der Waals surface area (Å²) in [5.41, 5.74) is 0.246. The van der Waals surface area contributed by atoms with E-state index in [2.05, 4.69) is 10.1 Å². The smallest absolute Gasteiger partial charge is 0.249 e. The van der Waals surface area contributed by atoms with Crippen LogP contribution in [0.4, 0.5) is 4.39 Å². The second-order valence-electron chi connectivity index (χ2n) is 6.87. The Morgan fingerprint density at radius 3 is 2.65 bits per heavy atom. The third kappa shape index (κ3) is 3.11. The highest BCUT2D eigenvalue weighted by Crippen LogP contribution is 2.35. The van der Waals surface area contributed by atoms with Gasteiger partial charge >= 0.3 is 0 Å². The van der Waals surface area contributed by atoms with Crippen molar-refractivity contribution in [1.29, 1.82) is 0 Å². The zero-order chi connectivity index (χ0) is 16.6. The maximum atomic E-state index is 13.0. The summed E-state index contributed by atoms with van der Waals surface area (Å²) in [7, 11) is 0. The summed E-state index contributed by atoms with van der Waals surface area (Å²) in [5.74, 6) is 0.631. The van der Waals surface area contributed by atoms with Crippen molar-refractivity contribution >= 4 is 5.91 Å². The Hall–Kier alpha value is -2.24. The Bertz CT molecular complexity index is 703. The molecule has 0 aliphatic carbocycles. The first-order chi connectivity index (χ1) is 10.9. The zero-order valence-electron chi connectivity index (χ0n) is 13.5. The first-order valence-electron chi connectivity index (χ1n) is 7.77. The number of rotatable bonds is 2. The highest BCUT2D eigenvalue weighted by Gasteiger charge is 2.38. The van der Waals surface area contributed by atoms with Gasteiger partial charge in [0.25, 0.3) is 0 Å². The Balaban J connectivity index is 1.84. The van der Waals surface area contributed by atoms with Crippen LogP contribution in [0.2, 0.25) is 0 Å². The van der Waals surface area contributed by atoms with Crippen LogP contribution in [0.25, 0.3) is 11.4 Å². The lowest BCUT2D eigenvalue weighted by molar-refractivity contribution is -0.140. The Morgan fingerprint density at radius 1 is 1.30 bits per heavy atom. The van der Waals surface area contributed by atoms with Crippen LogP contribution in [0, 0.1) is 11.2 Å². The van der Waals surface area contributed by atoms with Crippen LogP contribution in [0.1, 0.15) is 45.5 Å². The number of likely N-dealkylation sites (tertiary alicyclic amines) is 1. The average molecular weight is 317 g/mol. The van der Waals surface area contributed by atoms with E-state index in [0.717, 1.165) is 12.8 Å². The molecule has 1 fully saturated rings. The van der Waals surface area contributed by atoms with E-state index in [-0.39, 0.29) is 17.8 Å². The number of halogens is 1. The summed E-state index contributed by atoms with van der Waals surface area (Å²) in [6, 6.07) is 5.75. The second kappa shape index (κ2) is 5.76. The lowest BCUT2D eigenvalue weighted by atomic mass is 9.94. The van der Waals surface area contributed by atoms with Crippen molar-refractivity contribution in [1.82, 2.24) is 15.0 Å². The van der Waals surface area contributed by atoms with Crippen LogP contribution < -0.4 is 0 Å². The molecule has 0 unspecified atom stereocenters. The number of hydrogen-bond acceptors (Lipinski definition) is 4. The molecule has 0 saturated carbocycles. The largest absolute Gasteiger partial charge is 0.337 e. The van der Waals surface area contributed by atoms with Gasteiger partial charge in [0.2, 0.25) is 17.6 Å². The van der Waals surface area contributed by atoms with Crippen LogP contribution in [0.15, 0.2) is 28.8 Å². The summed E-state index contributed by atoms with van der Waals surface area (Å²) in [4.78, 5) is 18.8. The van der Waals surface area contributed by atoms with E-state index < -0.39 is 5.41 Å². The molecular weight excluding hydrogens is 297 g/mol. The minimum atomic E-state index is -0.442. The number of carbonyl (C=O) groups excluding carboxylic acids is 1. The van der Waals surface area contributed by atoms with Crippen molar-refractivity contribution in [3.63, 3.8) is 0 Å². The van der Waals surface area contributed by atoms with Gasteiger partial charge in [-0.1, -0.05) is 25.9 Å². The fraction of sp³-hybridized carbons (Fsp3) is 0.471. The molecule has 6 heteroatoms. The molecule has 0 N–H and O–H groups in total. The van der Waals surface area contributed by atoms with Gasteiger partial charge in [-0.15, -0.1) is 0 Å². The van der Waals surface area contributed by atoms with E-state index >= 15 is 0 Å². The molecule has 1 atom stereocenters. The molecule has 1 saturated heterocycles. The average Bonchev–Trinajstić information content (AvgIpc) is 3.15. The number of aromatic nitrogens is 2. The zero-order valence-corrected chi connectivity index (χ0v) is 13.5. The molecule has 0 radical (unpaired) electrons. The number of hydrogen-bond donors (Lipinski definition) is 0. The summed E-state index contributed by atoms with van der Waals surface area (Å²) in [6.45, 7) is 6.42. The quantitative estimate of drug-likeness (QED) is 0.849. The van der Waals surface area contributed by atoms with Crippen molar-refractivity contribution in [3.8, 4) is 11.4 Å². The van der Waals surface area contributed by atoms with Crippen LogP contribution in [0.5, 0.6) is 0 Å². The molecule has 0 bridgehead atoms. The van der Waals surface area contributed by atoms with Gasteiger partial charge in [0.05, 0.1) is 0 Å². The molecule has 1 aromatic carbocycles. The van der Waals surface area contributed by atoms with Crippen molar-refractivity contribution in [3.05, 3.63) is 36.0 Å². The first kappa shape index (κ1) is 15.6. The van der Waals surface area contributed by atoms with E-state index in [1.165, 1.54) is 12.1 Å². The summed E-state index contributed by atoms with van der Waals surface area (Å²) in [6.07, 6.45) is 1.73. The van der Waals surface area contributed by atoms with E-state index in [1.54, 1.807) is 12.1 Å². The molecule has 2 aromatic rings. The normalized spacial score (nSPS) is 18.4. The Morgan fingerprint density at radius 2 is 2.00 bits per heavy atom. The van der Waals surface area contributed by atoms with Crippen molar-refractivity contribution in [2.75, 3.05) is 6.54 Å². The topological polar surface area (TPSA) is 59.2 Å². The van der Waals surface area contributed by atoms with Crippen LogP contribution in [0.3, 0.4) is 0 Å². The summed E-state index contributed by atoms with van der Waals surface area (Å²) < 4.78 is 18.4. The van der Waals surface area contributed by atoms with Crippen LogP contribution in [-0.2, 0) is 4.79 Å². The Labute approximate surface area is 134 Å². The van der Waals surface area contributed by atoms with E-state index in [0.29, 0.717) is 23.8 Å². The second-order valence-corrected chi connectivity index (χ2v) is 6.87. The summed E-state index contributed by atoms with van der Waals surface area (Å²) >= 11 is 0. The molecule has 0 spiro atoms. The lowest BCUT2D eigenvalue weighted by Gasteiger charge is -2.29. The van der Waals surface area contributed by atoms with Crippen molar-refractivity contribution < 1.29 is 13.7 Å². The van der Waals surface area contributed by atoms with E-state index in [4.69, 9.17) is 4.52 Å². The van der Waals surface area contributed by atoms with E-state index in [1.807, 2.05) is 25.7 Å². The van der Waals surface area contributed by atoms with Gasteiger partial charge in [-0.05, 0) is 37.1 Å². The molecule has 5 nitrogen and oxygen atoms in total. The molecule has 1 amide bonds. The third-order valence-electron chi connectivity index (χ3n) is 3.98. The molecule has 2 heterocycles. The highest BCUT2D eigenvalue weighted by atomic mass is 19.1. The van der Waals surface area contributed by atoms with Gasteiger partial charge in [0.15, 0.2) is 0 Å². The number of carbonyl (C=O) groups is 1. The maximum absolute atomic E-state index is 13.0. The number of benzene rings is 1. The molecular formula is C17H20FN3O2. The maximum Gasteiger partial charge on any atom is 0.249 e. The fourth-order valence-corrected chi connectivity index (χ4v) is 2.78. The lowest BCUT2D eigenvalue weighted by Crippen LogP contribution is -2.39. The fourth-order valence-electron chi connectivity index (χ4n) is 2.78. The monoisotopic (exact) mass is 317 g/mol. The van der Waals surface area contributed by atoms with Gasteiger partial charge in [-0.3, -0.25) is 4.79 Å². The van der Waals surface area contributed by atoms with Crippen LogP contribution >= 0.6 is 0 Å². The predicted molar refractivity (Wildman–Crippen MR) is 82.8 cm³/mol. The van der Waals surface area contributed by atoms with Gasteiger partial charge in [0.1, 0.15) is 11.9 Å². The summed E-state index contributed by atoms with van der Waals surface area (Å²) in [5, 5.41) is 3.97.